The quantitative estimate of drug-likeness (QED) is 0.575. The molecular weight excluding hydrogens is 394 g/mol. The number of nitrogens with one attached hydrogen (secondary N) is 1. The predicted octanol–water partition coefficient (Wildman–Crippen LogP) is 3.63. The van der Waals surface area contributed by atoms with Gasteiger partial charge in [0.05, 0.1) is 11.4 Å². The van der Waals surface area contributed by atoms with Gasteiger partial charge in [-0.3, -0.25) is 4.68 Å². The molecule has 1 N–H and O–H groups in total. The van der Waals surface area contributed by atoms with E-state index in [2.05, 4.69) is 22.5 Å². The second-order valence-electron chi connectivity index (χ2n) is 6.56. The lowest BCUT2D eigenvalue weighted by Gasteiger charge is -2.09. The van der Waals surface area contributed by atoms with Crippen molar-refractivity contribution in [1.82, 2.24) is 15.1 Å². The van der Waals surface area contributed by atoms with Crippen LogP contribution in [-0.2, 0) is 35.1 Å². The molecule has 0 unspecified atom stereocenters. The summed E-state index contributed by atoms with van der Waals surface area (Å²) in [7, 11) is -1.64. The third kappa shape index (κ3) is 5.92. The molecule has 0 atom stereocenters. The van der Waals surface area contributed by atoms with Crippen molar-refractivity contribution in [2.24, 2.45) is 0 Å². The number of aromatic nitrogens is 2. The minimum Gasteiger partial charge on any atom is -0.314 e. The average molecular weight is 420 g/mol. The third-order valence-corrected chi connectivity index (χ3v) is 6.03. The van der Waals surface area contributed by atoms with E-state index < -0.39 is 9.84 Å². The van der Waals surface area contributed by atoms with Crippen molar-refractivity contribution >= 4 is 22.2 Å². The first-order valence-corrected chi connectivity index (χ1v) is 10.8. The van der Waals surface area contributed by atoms with Crippen molar-refractivity contribution in [1.29, 1.82) is 0 Å². The van der Waals surface area contributed by atoms with Gasteiger partial charge in [-0.15, -0.1) is 12.4 Å². The average Bonchev–Trinajstić information content (AvgIpc) is 3.07. The van der Waals surface area contributed by atoms with Gasteiger partial charge in [0.15, 0.2) is 14.9 Å². The van der Waals surface area contributed by atoms with Gasteiger partial charge >= 0.3 is 0 Å². The number of halogens is 1. The summed E-state index contributed by atoms with van der Waals surface area (Å²) < 4.78 is 27.6. The number of aryl methyl sites for hydroxylation is 2. The summed E-state index contributed by atoms with van der Waals surface area (Å²) in [6.07, 6.45) is 1.72. The molecule has 3 rings (SSSR count). The van der Waals surface area contributed by atoms with Crippen LogP contribution in [-0.4, -0.2) is 25.2 Å². The van der Waals surface area contributed by atoms with E-state index in [0.717, 1.165) is 24.1 Å². The van der Waals surface area contributed by atoms with E-state index >= 15 is 0 Å². The van der Waals surface area contributed by atoms with Crippen LogP contribution < -0.4 is 5.32 Å². The smallest absolute Gasteiger partial charge is 0.199 e. The second kappa shape index (κ2) is 10.4. The van der Waals surface area contributed by atoms with E-state index in [1.165, 1.54) is 5.56 Å². The van der Waals surface area contributed by atoms with Crippen LogP contribution >= 0.6 is 12.4 Å². The Labute approximate surface area is 173 Å². The van der Waals surface area contributed by atoms with Crippen LogP contribution in [0.2, 0.25) is 0 Å². The van der Waals surface area contributed by atoms with E-state index in [1.807, 2.05) is 55.6 Å². The number of hydrogen-bond donors (Lipinski definition) is 1. The first-order chi connectivity index (χ1) is 13.1. The Hall–Kier alpha value is -2.15. The minimum atomic E-state index is -3.46. The zero-order chi connectivity index (χ0) is 19.1. The van der Waals surface area contributed by atoms with Crippen molar-refractivity contribution in [2.45, 2.75) is 36.7 Å². The number of sulfone groups is 1. The Kier molecular flexibility index (Phi) is 8.23. The van der Waals surface area contributed by atoms with E-state index in [1.54, 1.807) is 10.7 Å². The summed E-state index contributed by atoms with van der Waals surface area (Å²) in [5.74, 6) is -0.0167. The predicted molar refractivity (Wildman–Crippen MR) is 114 cm³/mol. The van der Waals surface area contributed by atoms with Gasteiger partial charge in [0.1, 0.15) is 0 Å². The van der Waals surface area contributed by atoms with Crippen LogP contribution in [0.1, 0.15) is 23.2 Å². The Bertz CT molecular complexity index is 958. The number of hydrogen-bond acceptors (Lipinski definition) is 4. The molecule has 0 fully saturated rings. The van der Waals surface area contributed by atoms with Gasteiger partial charge in [0.25, 0.3) is 0 Å². The number of benzene rings is 2. The van der Waals surface area contributed by atoms with E-state index in [9.17, 15) is 8.42 Å². The highest BCUT2D eigenvalue weighted by molar-refractivity contribution is 7.90. The fraction of sp³-hybridized carbons (Fsp3) is 0.286. The maximum atomic E-state index is 13.0. The first-order valence-electron chi connectivity index (χ1n) is 9.10. The molecule has 1 heterocycles. The van der Waals surface area contributed by atoms with Gasteiger partial charge in [-0.05, 0) is 37.1 Å². The SMILES string of the molecule is CNCc1cc(S(=O)(=O)Cc2ccccc2)n(CCCc2ccccc2)n1.Cl. The normalized spacial score (nSPS) is 11.2. The van der Waals surface area contributed by atoms with Gasteiger partial charge in [0, 0.05) is 13.1 Å². The molecule has 0 bridgehead atoms. The molecule has 28 heavy (non-hydrogen) atoms. The monoisotopic (exact) mass is 419 g/mol. The zero-order valence-electron chi connectivity index (χ0n) is 15.9. The zero-order valence-corrected chi connectivity index (χ0v) is 17.5. The molecule has 0 aliphatic rings. The molecule has 7 heteroatoms. The van der Waals surface area contributed by atoms with Crippen molar-refractivity contribution in [3.05, 3.63) is 83.6 Å². The lowest BCUT2D eigenvalue weighted by molar-refractivity contribution is 0.513. The highest BCUT2D eigenvalue weighted by atomic mass is 35.5. The molecule has 1 aromatic heterocycles. The second-order valence-corrected chi connectivity index (χ2v) is 8.50. The van der Waals surface area contributed by atoms with Crippen molar-refractivity contribution < 1.29 is 8.42 Å². The van der Waals surface area contributed by atoms with Gasteiger partial charge in [-0.1, -0.05) is 60.7 Å². The third-order valence-electron chi connectivity index (χ3n) is 4.35. The molecular formula is C21H26ClN3O2S. The van der Waals surface area contributed by atoms with Crippen LogP contribution in [0.25, 0.3) is 0 Å². The van der Waals surface area contributed by atoms with Gasteiger partial charge in [-0.25, -0.2) is 8.42 Å². The van der Waals surface area contributed by atoms with Crippen LogP contribution in [0.4, 0.5) is 0 Å². The molecule has 2 aromatic carbocycles. The molecule has 0 amide bonds. The Morgan fingerprint density at radius 1 is 0.964 bits per heavy atom. The van der Waals surface area contributed by atoms with Crippen molar-refractivity contribution in [3.63, 3.8) is 0 Å². The van der Waals surface area contributed by atoms with Crippen LogP contribution in [0, 0.1) is 0 Å². The van der Waals surface area contributed by atoms with Gasteiger partial charge < -0.3 is 5.32 Å². The van der Waals surface area contributed by atoms with Crippen LogP contribution in [0.15, 0.2) is 71.8 Å². The maximum absolute atomic E-state index is 13.0. The summed E-state index contributed by atoms with van der Waals surface area (Å²) >= 11 is 0. The Balaban J connectivity index is 0.00000280. The lowest BCUT2D eigenvalue weighted by Crippen LogP contribution is -2.13. The fourth-order valence-corrected chi connectivity index (χ4v) is 4.62. The number of nitrogens with zero attached hydrogens (tertiary/aromatic N) is 2. The maximum Gasteiger partial charge on any atom is 0.199 e. The molecule has 0 saturated carbocycles. The molecule has 0 aliphatic heterocycles. The van der Waals surface area contributed by atoms with E-state index in [-0.39, 0.29) is 18.2 Å². The summed E-state index contributed by atoms with van der Waals surface area (Å²) in [5.41, 5.74) is 2.77. The minimum absolute atomic E-state index is 0. The summed E-state index contributed by atoms with van der Waals surface area (Å²) in [5, 5.41) is 7.85. The fourth-order valence-electron chi connectivity index (χ4n) is 3.07. The molecule has 150 valence electrons. The topological polar surface area (TPSA) is 64.0 Å². The summed E-state index contributed by atoms with van der Waals surface area (Å²) in [6.45, 7) is 1.11. The Morgan fingerprint density at radius 2 is 1.57 bits per heavy atom. The highest BCUT2D eigenvalue weighted by Crippen LogP contribution is 2.19. The van der Waals surface area contributed by atoms with Crippen molar-refractivity contribution in [3.8, 4) is 0 Å². The standard InChI is InChI=1S/C21H25N3O2S.ClH/c1-22-16-20-15-21(27(25,26)17-19-11-6-3-7-12-19)24(23-20)14-8-13-18-9-4-2-5-10-18;/h2-7,9-12,15,22H,8,13-14,16-17H2,1H3;1H. The van der Waals surface area contributed by atoms with E-state index in [4.69, 9.17) is 0 Å². The summed E-state index contributed by atoms with van der Waals surface area (Å²) in [6, 6.07) is 21.2. The van der Waals surface area contributed by atoms with Crippen LogP contribution in [0.5, 0.6) is 0 Å². The van der Waals surface area contributed by atoms with Gasteiger partial charge in [0.2, 0.25) is 0 Å². The molecule has 0 aliphatic carbocycles. The highest BCUT2D eigenvalue weighted by Gasteiger charge is 2.22. The van der Waals surface area contributed by atoms with E-state index in [0.29, 0.717) is 18.1 Å². The van der Waals surface area contributed by atoms with Crippen LogP contribution in [0.3, 0.4) is 0 Å². The van der Waals surface area contributed by atoms with Crippen molar-refractivity contribution in [2.75, 3.05) is 7.05 Å². The summed E-state index contributed by atoms with van der Waals surface area (Å²) in [4.78, 5) is 0. The molecule has 5 nitrogen and oxygen atoms in total. The molecule has 0 radical (unpaired) electrons. The molecule has 0 saturated heterocycles. The van der Waals surface area contributed by atoms with Gasteiger partial charge in [-0.2, -0.15) is 5.10 Å². The Morgan fingerprint density at radius 3 is 2.18 bits per heavy atom. The largest absolute Gasteiger partial charge is 0.314 e. The first kappa shape index (κ1) is 22.1. The molecule has 0 spiro atoms. The molecule has 3 aromatic rings. The lowest BCUT2D eigenvalue weighted by atomic mass is 10.1. The number of rotatable bonds is 9.